The van der Waals surface area contributed by atoms with E-state index in [1.54, 1.807) is 0 Å². The second-order valence-corrected chi connectivity index (χ2v) is 6.39. The van der Waals surface area contributed by atoms with Crippen LogP contribution in [0.15, 0.2) is 30.3 Å². The van der Waals surface area contributed by atoms with E-state index >= 15 is 0 Å². The zero-order valence-corrected chi connectivity index (χ0v) is 12.1. The molecule has 3 rings (SSSR count). The number of nitrogens with zero attached hydrogens (tertiary/aromatic N) is 1. The van der Waals surface area contributed by atoms with Crippen molar-refractivity contribution in [1.29, 1.82) is 0 Å². The molecule has 1 aromatic rings. The molecule has 1 N–H and O–H groups in total. The highest BCUT2D eigenvalue weighted by Crippen LogP contribution is 2.29. The van der Waals surface area contributed by atoms with Crippen molar-refractivity contribution >= 4 is 0 Å². The number of rotatable bonds is 2. The van der Waals surface area contributed by atoms with Crippen LogP contribution in [0.1, 0.15) is 44.6 Å². The molecule has 104 valence electrons. The van der Waals surface area contributed by atoms with Gasteiger partial charge in [-0.05, 0) is 25.3 Å². The first-order valence-electron chi connectivity index (χ1n) is 7.82. The van der Waals surface area contributed by atoms with Crippen LogP contribution in [0.4, 0.5) is 0 Å². The quantitative estimate of drug-likeness (QED) is 0.876. The number of nitrogens with one attached hydrogen (secondary N) is 1. The van der Waals surface area contributed by atoms with Gasteiger partial charge in [0, 0.05) is 25.7 Å². The molecule has 1 unspecified atom stereocenters. The average molecular weight is 258 g/mol. The maximum absolute atomic E-state index is 3.74. The Kier molecular flexibility index (Phi) is 3.90. The van der Waals surface area contributed by atoms with Crippen LogP contribution in [0.25, 0.3) is 0 Å². The lowest BCUT2D eigenvalue weighted by molar-refractivity contribution is 0.0797. The number of piperazine rings is 1. The molecule has 2 nitrogen and oxygen atoms in total. The monoisotopic (exact) mass is 258 g/mol. The summed E-state index contributed by atoms with van der Waals surface area (Å²) in [5.74, 6) is 0. The Morgan fingerprint density at radius 1 is 1.11 bits per heavy atom. The van der Waals surface area contributed by atoms with Gasteiger partial charge in [0.2, 0.25) is 0 Å². The van der Waals surface area contributed by atoms with Gasteiger partial charge in [-0.3, -0.25) is 4.90 Å². The van der Waals surface area contributed by atoms with Gasteiger partial charge in [-0.2, -0.15) is 0 Å². The standard InChI is InChI=1S/C17H26N2/c1-17(15-8-4-2-5-9-15)14-19(13-12-18-17)16-10-6-3-7-11-16/h2,4-5,8-9,16,18H,3,6-7,10-14H2,1H3. The summed E-state index contributed by atoms with van der Waals surface area (Å²) in [5.41, 5.74) is 1.55. The average Bonchev–Trinajstić information content (AvgIpc) is 2.49. The van der Waals surface area contributed by atoms with Crippen LogP contribution in [0.2, 0.25) is 0 Å². The molecule has 0 radical (unpaired) electrons. The summed E-state index contributed by atoms with van der Waals surface area (Å²) < 4.78 is 0. The second-order valence-electron chi connectivity index (χ2n) is 6.39. The molecule has 1 saturated carbocycles. The molecule has 1 aliphatic carbocycles. The third-order valence-electron chi connectivity index (χ3n) is 4.94. The van der Waals surface area contributed by atoms with Crippen LogP contribution in [0.3, 0.4) is 0 Å². The number of hydrogen-bond acceptors (Lipinski definition) is 2. The maximum atomic E-state index is 3.74. The van der Waals surface area contributed by atoms with E-state index < -0.39 is 0 Å². The van der Waals surface area contributed by atoms with Crippen LogP contribution in [-0.4, -0.2) is 30.6 Å². The molecule has 0 amide bonds. The molecule has 1 aliphatic heterocycles. The molecule has 1 heterocycles. The molecule has 19 heavy (non-hydrogen) atoms. The Balaban J connectivity index is 1.73. The first-order chi connectivity index (χ1) is 9.28. The topological polar surface area (TPSA) is 15.3 Å². The second kappa shape index (κ2) is 5.64. The highest BCUT2D eigenvalue weighted by atomic mass is 15.2. The van der Waals surface area contributed by atoms with Crippen molar-refractivity contribution in [2.45, 2.75) is 50.6 Å². The summed E-state index contributed by atoms with van der Waals surface area (Å²) in [4.78, 5) is 2.74. The number of hydrogen-bond donors (Lipinski definition) is 1. The third kappa shape index (κ3) is 2.85. The van der Waals surface area contributed by atoms with E-state index in [1.165, 1.54) is 44.2 Å². The highest BCUT2D eigenvalue weighted by molar-refractivity contribution is 5.25. The molecular formula is C17H26N2. The van der Waals surface area contributed by atoms with Crippen LogP contribution in [0.5, 0.6) is 0 Å². The first-order valence-corrected chi connectivity index (χ1v) is 7.82. The lowest BCUT2D eigenvalue weighted by Gasteiger charge is -2.46. The van der Waals surface area contributed by atoms with Crippen molar-refractivity contribution in [3.05, 3.63) is 35.9 Å². The Morgan fingerprint density at radius 3 is 2.58 bits per heavy atom. The first kappa shape index (κ1) is 13.1. The Bertz CT molecular complexity index is 397. The normalized spacial score (nSPS) is 30.4. The van der Waals surface area contributed by atoms with Crippen LogP contribution in [0, 0.1) is 0 Å². The fourth-order valence-corrected chi connectivity index (χ4v) is 3.77. The summed E-state index contributed by atoms with van der Waals surface area (Å²) in [5, 5.41) is 3.74. The van der Waals surface area contributed by atoms with Gasteiger partial charge in [0.25, 0.3) is 0 Å². The molecule has 0 aromatic heterocycles. The Morgan fingerprint density at radius 2 is 1.84 bits per heavy atom. The van der Waals surface area contributed by atoms with Crippen molar-refractivity contribution in [2.24, 2.45) is 0 Å². The summed E-state index contributed by atoms with van der Waals surface area (Å²) in [6.07, 6.45) is 7.11. The van der Waals surface area contributed by atoms with Crippen molar-refractivity contribution < 1.29 is 0 Å². The SMILES string of the molecule is CC1(c2ccccc2)CN(C2CCCCC2)CCN1. The largest absolute Gasteiger partial charge is 0.305 e. The lowest BCUT2D eigenvalue weighted by Crippen LogP contribution is -2.59. The van der Waals surface area contributed by atoms with Crippen molar-refractivity contribution in [3.63, 3.8) is 0 Å². The van der Waals surface area contributed by atoms with Crippen LogP contribution < -0.4 is 5.32 Å². The molecule has 0 bridgehead atoms. The van der Waals surface area contributed by atoms with Crippen molar-refractivity contribution in [2.75, 3.05) is 19.6 Å². The van der Waals surface area contributed by atoms with E-state index in [0.717, 1.165) is 19.1 Å². The molecule has 1 saturated heterocycles. The van der Waals surface area contributed by atoms with E-state index in [9.17, 15) is 0 Å². The maximum Gasteiger partial charge on any atom is 0.0535 e. The minimum Gasteiger partial charge on any atom is -0.305 e. The minimum atomic E-state index is 0.122. The van der Waals surface area contributed by atoms with E-state index in [2.05, 4.69) is 47.5 Å². The van der Waals surface area contributed by atoms with Crippen molar-refractivity contribution in [1.82, 2.24) is 10.2 Å². The van der Waals surface area contributed by atoms with Gasteiger partial charge >= 0.3 is 0 Å². The van der Waals surface area contributed by atoms with Gasteiger partial charge in [0.15, 0.2) is 0 Å². The molecule has 1 atom stereocenters. The van der Waals surface area contributed by atoms with Gasteiger partial charge in [0.05, 0.1) is 5.54 Å². The third-order valence-corrected chi connectivity index (χ3v) is 4.94. The summed E-state index contributed by atoms with van der Waals surface area (Å²) in [6, 6.07) is 11.8. The molecule has 0 spiro atoms. The van der Waals surface area contributed by atoms with Crippen LogP contribution >= 0.6 is 0 Å². The van der Waals surface area contributed by atoms with Gasteiger partial charge in [-0.15, -0.1) is 0 Å². The van der Waals surface area contributed by atoms with Gasteiger partial charge < -0.3 is 5.32 Å². The minimum absolute atomic E-state index is 0.122. The predicted octanol–water partition coefficient (Wildman–Crippen LogP) is 3.14. The summed E-state index contributed by atoms with van der Waals surface area (Å²) in [6.45, 7) is 5.84. The van der Waals surface area contributed by atoms with E-state index in [-0.39, 0.29) is 5.54 Å². The Labute approximate surface area is 117 Å². The molecule has 2 aliphatic rings. The highest BCUT2D eigenvalue weighted by Gasteiger charge is 2.35. The van der Waals surface area contributed by atoms with Gasteiger partial charge in [-0.1, -0.05) is 49.6 Å². The fourth-order valence-electron chi connectivity index (χ4n) is 3.77. The fraction of sp³-hybridized carbons (Fsp3) is 0.647. The summed E-state index contributed by atoms with van der Waals surface area (Å²) >= 11 is 0. The van der Waals surface area contributed by atoms with Crippen LogP contribution in [-0.2, 0) is 5.54 Å². The summed E-state index contributed by atoms with van der Waals surface area (Å²) in [7, 11) is 0. The van der Waals surface area contributed by atoms with Gasteiger partial charge in [0.1, 0.15) is 0 Å². The van der Waals surface area contributed by atoms with E-state index in [0.29, 0.717) is 0 Å². The van der Waals surface area contributed by atoms with Crippen molar-refractivity contribution in [3.8, 4) is 0 Å². The van der Waals surface area contributed by atoms with E-state index in [1.807, 2.05) is 0 Å². The smallest absolute Gasteiger partial charge is 0.0535 e. The van der Waals surface area contributed by atoms with E-state index in [4.69, 9.17) is 0 Å². The zero-order valence-electron chi connectivity index (χ0n) is 12.1. The van der Waals surface area contributed by atoms with Gasteiger partial charge in [-0.25, -0.2) is 0 Å². The number of benzene rings is 1. The predicted molar refractivity (Wildman–Crippen MR) is 80.2 cm³/mol. The molecule has 1 aromatic carbocycles. The Hall–Kier alpha value is -0.860. The zero-order chi connectivity index (χ0) is 13.1. The molecular weight excluding hydrogens is 232 g/mol. The molecule has 2 heteroatoms. The molecule has 2 fully saturated rings. The lowest BCUT2D eigenvalue weighted by atomic mass is 9.87.